The van der Waals surface area contributed by atoms with Crippen molar-refractivity contribution in [1.82, 2.24) is 5.32 Å². The largest absolute Gasteiger partial charge is 0.381 e. The van der Waals surface area contributed by atoms with Crippen LogP contribution in [0.4, 0.5) is 0 Å². The number of hydrogen-bond donors (Lipinski definition) is 2. The van der Waals surface area contributed by atoms with Gasteiger partial charge in [-0.05, 0) is 37.3 Å². The van der Waals surface area contributed by atoms with Gasteiger partial charge in [0.05, 0.1) is 12.1 Å². The molecule has 0 saturated carbocycles. The fourth-order valence-corrected chi connectivity index (χ4v) is 3.13. The number of amides is 1. The van der Waals surface area contributed by atoms with Gasteiger partial charge < -0.3 is 15.8 Å². The zero-order valence-electron chi connectivity index (χ0n) is 11.6. The summed E-state index contributed by atoms with van der Waals surface area (Å²) in [6.45, 7) is 3.37. The quantitative estimate of drug-likeness (QED) is 0.884. The zero-order valence-corrected chi connectivity index (χ0v) is 13.2. The van der Waals surface area contributed by atoms with Crippen LogP contribution in [-0.4, -0.2) is 25.2 Å². The lowest BCUT2D eigenvalue weighted by Crippen LogP contribution is -2.47. The molecule has 2 atom stereocenters. The Morgan fingerprint density at radius 3 is 2.70 bits per heavy atom. The fraction of sp³-hybridized carbons (Fsp3) is 0.533. The molecule has 1 fully saturated rings. The van der Waals surface area contributed by atoms with E-state index in [-0.39, 0.29) is 17.9 Å². The molecular formula is C15H21BrN2O2. The van der Waals surface area contributed by atoms with Crippen molar-refractivity contribution in [2.45, 2.75) is 31.8 Å². The van der Waals surface area contributed by atoms with E-state index in [1.165, 1.54) is 0 Å². The number of nitrogens with two attached hydrogens (primary N) is 1. The van der Waals surface area contributed by atoms with Crippen molar-refractivity contribution in [1.29, 1.82) is 0 Å². The van der Waals surface area contributed by atoms with E-state index in [9.17, 15) is 4.79 Å². The smallest absolute Gasteiger partial charge is 0.237 e. The van der Waals surface area contributed by atoms with E-state index in [1.54, 1.807) is 0 Å². The van der Waals surface area contributed by atoms with Crippen LogP contribution in [0.15, 0.2) is 28.7 Å². The maximum atomic E-state index is 12.2. The number of benzene rings is 1. The minimum absolute atomic E-state index is 0.0658. The third-order valence-corrected chi connectivity index (χ3v) is 4.53. The summed E-state index contributed by atoms with van der Waals surface area (Å²) in [5, 5.41) is 3.00. The predicted molar refractivity (Wildman–Crippen MR) is 82.2 cm³/mol. The molecule has 1 aromatic carbocycles. The summed E-state index contributed by atoms with van der Waals surface area (Å²) in [4.78, 5) is 12.2. The van der Waals surface area contributed by atoms with Gasteiger partial charge in [-0.2, -0.15) is 0 Å². The molecule has 1 aromatic rings. The van der Waals surface area contributed by atoms with Gasteiger partial charge in [-0.25, -0.2) is 0 Å². The Hall–Kier alpha value is -0.910. The van der Waals surface area contributed by atoms with Gasteiger partial charge in [-0.1, -0.05) is 34.1 Å². The fourth-order valence-electron chi connectivity index (χ4n) is 2.50. The third kappa shape index (κ3) is 3.81. The monoisotopic (exact) mass is 340 g/mol. The molecule has 0 aliphatic carbocycles. The molecule has 1 heterocycles. The van der Waals surface area contributed by atoms with Gasteiger partial charge in [0.25, 0.3) is 0 Å². The molecule has 5 heteroatoms. The number of ether oxygens (including phenoxy) is 1. The van der Waals surface area contributed by atoms with Crippen LogP contribution in [0.2, 0.25) is 0 Å². The van der Waals surface area contributed by atoms with Crippen LogP contribution in [0.1, 0.15) is 31.4 Å². The number of carbonyl (C=O) groups excluding carboxylic acids is 1. The van der Waals surface area contributed by atoms with Crippen molar-refractivity contribution in [3.63, 3.8) is 0 Å². The van der Waals surface area contributed by atoms with Crippen LogP contribution in [-0.2, 0) is 9.53 Å². The molecule has 2 unspecified atom stereocenters. The molecule has 0 aromatic heterocycles. The van der Waals surface area contributed by atoms with Gasteiger partial charge in [0, 0.05) is 17.7 Å². The van der Waals surface area contributed by atoms with E-state index in [1.807, 2.05) is 31.2 Å². The summed E-state index contributed by atoms with van der Waals surface area (Å²) in [5.41, 5.74) is 7.13. The first-order valence-electron chi connectivity index (χ1n) is 6.97. The van der Waals surface area contributed by atoms with E-state index in [4.69, 9.17) is 10.5 Å². The normalized spacial score (nSPS) is 19.4. The number of carbonyl (C=O) groups is 1. The van der Waals surface area contributed by atoms with Crippen LogP contribution < -0.4 is 11.1 Å². The Labute approximate surface area is 128 Å². The minimum atomic E-state index is -0.455. The van der Waals surface area contributed by atoms with Crippen LogP contribution >= 0.6 is 15.9 Å². The molecule has 0 radical (unpaired) electrons. The van der Waals surface area contributed by atoms with Gasteiger partial charge in [0.15, 0.2) is 0 Å². The molecule has 1 aliphatic heterocycles. The standard InChI is InChI=1S/C15H21BrN2O2/c1-10(12-4-2-3-5-13(12)16)18-15(19)14(17)11-6-8-20-9-7-11/h2-5,10-11,14H,6-9,17H2,1H3,(H,18,19). The summed E-state index contributed by atoms with van der Waals surface area (Å²) in [6.07, 6.45) is 1.72. The Morgan fingerprint density at radius 2 is 2.05 bits per heavy atom. The van der Waals surface area contributed by atoms with Crippen molar-refractivity contribution in [3.8, 4) is 0 Å². The Kier molecular flexibility index (Phi) is 5.57. The van der Waals surface area contributed by atoms with Gasteiger partial charge in [-0.3, -0.25) is 4.79 Å². The summed E-state index contributed by atoms with van der Waals surface area (Å²) in [6, 6.07) is 7.36. The average Bonchev–Trinajstić information content (AvgIpc) is 2.47. The third-order valence-electron chi connectivity index (χ3n) is 3.81. The lowest BCUT2D eigenvalue weighted by Gasteiger charge is -2.28. The second-order valence-corrected chi connectivity index (χ2v) is 6.08. The van der Waals surface area contributed by atoms with Gasteiger partial charge >= 0.3 is 0 Å². The van der Waals surface area contributed by atoms with Crippen molar-refractivity contribution in [3.05, 3.63) is 34.3 Å². The number of halogens is 1. The first-order valence-corrected chi connectivity index (χ1v) is 7.77. The van der Waals surface area contributed by atoms with Crippen molar-refractivity contribution < 1.29 is 9.53 Å². The molecule has 4 nitrogen and oxygen atoms in total. The second-order valence-electron chi connectivity index (χ2n) is 5.23. The van der Waals surface area contributed by atoms with Crippen molar-refractivity contribution in [2.75, 3.05) is 13.2 Å². The van der Waals surface area contributed by atoms with Gasteiger partial charge in [0.1, 0.15) is 0 Å². The predicted octanol–water partition coefficient (Wildman–Crippen LogP) is 2.38. The molecule has 0 spiro atoms. The maximum absolute atomic E-state index is 12.2. The molecule has 1 aliphatic rings. The zero-order chi connectivity index (χ0) is 14.5. The van der Waals surface area contributed by atoms with Crippen molar-refractivity contribution in [2.24, 2.45) is 11.7 Å². The summed E-state index contributed by atoms with van der Waals surface area (Å²) < 4.78 is 6.30. The lowest BCUT2D eigenvalue weighted by molar-refractivity contribution is -0.125. The van der Waals surface area contributed by atoms with E-state index in [0.29, 0.717) is 13.2 Å². The second kappa shape index (κ2) is 7.20. The lowest BCUT2D eigenvalue weighted by atomic mass is 9.91. The van der Waals surface area contributed by atoms with Crippen LogP contribution in [0.25, 0.3) is 0 Å². The number of nitrogens with one attached hydrogen (secondary N) is 1. The van der Waals surface area contributed by atoms with Crippen LogP contribution in [0.5, 0.6) is 0 Å². The summed E-state index contributed by atoms with van der Waals surface area (Å²) >= 11 is 3.50. The van der Waals surface area contributed by atoms with E-state index >= 15 is 0 Å². The van der Waals surface area contributed by atoms with Gasteiger partial charge in [0.2, 0.25) is 5.91 Å². The highest BCUT2D eigenvalue weighted by molar-refractivity contribution is 9.10. The maximum Gasteiger partial charge on any atom is 0.237 e. The molecule has 20 heavy (non-hydrogen) atoms. The molecule has 0 bridgehead atoms. The molecule has 110 valence electrons. The Balaban J connectivity index is 1.95. The molecule has 2 rings (SSSR count). The van der Waals surface area contributed by atoms with Crippen LogP contribution in [0.3, 0.4) is 0 Å². The van der Waals surface area contributed by atoms with Crippen molar-refractivity contribution >= 4 is 21.8 Å². The Morgan fingerprint density at radius 1 is 1.40 bits per heavy atom. The first kappa shape index (κ1) is 15.5. The SMILES string of the molecule is CC(NC(=O)C(N)C1CCOCC1)c1ccccc1Br. The topological polar surface area (TPSA) is 64.4 Å². The highest BCUT2D eigenvalue weighted by atomic mass is 79.9. The molecule has 1 saturated heterocycles. The summed E-state index contributed by atoms with van der Waals surface area (Å²) in [5.74, 6) is 0.135. The molecule has 3 N–H and O–H groups in total. The molecular weight excluding hydrogens is 320 g/mol. The minimum Gasteiger partial charge on any atom is -0.381 e. The van der Waals surface area contributed by atoms with Gasteiger partial charge in [-0.15, -0.1) is 0 Å². The van der Waals surface area contributed by atoms with Crippen LogP contribution in [0, 0.1) is 5.92 Å². The van der Waals surface area contributed by atoms with E-state index in [0.717, 1.165) is 22.9 Å². The highest BCUT2D eigenvalue weighted by Gasteiger charge is 2.27. The molecule has 1 amide bonds. The van der Waals surface area contributed by atoms with E-state index < -0.39 is 6.04 Å². The highest BCUT2D eigenvalue weighted by Crippen LogP contribution is 2.23. The number of rotatable bonds is 4. The number of hydrogen-bond acceptors (Lipinski definition) is 3. The average molecular weight is 341 g/mol. The summed E-state index contributed by atoms with van der Waals surface area (Å²) in [7, 11) is 0. The van der Waals surface area contributed by atoms with E-state index in [2.05, 4.69) is 21.2 Å². The first-order chi connectivity index (χ1) is 9.59. The Bertz CT molecular complexity index is 461.